The summed E-state index contributed by atoms with van der Waals surface area (Å²) in [7, 11) is 0. The number of esters is 1. The number of ether oxygens (including phenoxy) is 2. The summed E-state index contributed by atoms with van der Waals surface area (Å²) in [6, 6.07) is 0. The number of aliphatic hydroxyl groups is 2. The van der Waals surface area contributed by atoms with Crippen LogP contribution in [-0.4, -0.2) is 46.7 Å². The standard InChI is InChI=1S/C17H22O5/c1-9(8-21-11(3)18)17-14(20)7-12-5-6-13(19)10(2)16(12,4)15(17)22-17/h5-7,10,13-15,19-20H,1,8H2,2-4H3/t10-,13+,14+,15+,16+,17-/m0/s1. The quantitative estimate of drug-likeness (QED) is 0.464. The molecule has 1 saturated heterocycles. The van der Waals surface area contributed by atoms with Gasteiger partial charge in [-0.3, -0.25) is 4.79 Å². The highest BCUT2D eigenvalue weighted by atomic mass is 16.6. The normalized spacial score (nSPS) is 45.4. The summed E-state index contributed by atoms with van der Waals surface area (Å²) < 4.78 is 10.9. The van der Waals surface area contributed by atoms with E-state index in [1.54, 1.807) is 12.2 Å². The Bertz CT molecular complexity index is 592. The molecule has 0 aromatic carbocycles. The van der Waals surface area contributed by atoms with Crippen LogP contribution in [0.5, 0.6) is 0 Å². The van der Waals surface area contributed by atoms with Gasteiger partial charge < -0.3 is 19.7 Å². The monoisotopic (exact) mass is 306 g/mol. The Hall–Kier alpha value is -1.43. The van der Waals surface area contributed by atoms with E-state index in [1.165, 1.54) is 6.92 Å². The first-order valence-corrected chi connectivity index (χ1v) is 7.50. The number of rotatable bonds is 3. The molecule has 0 saturated carbocycles. The number of carbonyl (C=O) groups is 1. The molecule has 0 radical (unpaired) electrons. The second-order valence-corrected chi connectivity index (χ2v) is 6.66. The van der Waals surface area contributed by atoms with Gasteiger partial charge >= 0.3 is 5.97 Å². The average Bonchev–Trinajstić information content (AvgIpc) is 3.22. The lowest BCUT2D eigenvalue weighted by atomic mass is 9.58. The molecule has 2 N–H and O–H groups in total. The first-order valence-electron chi connectivity index (χ1n) is 7.50. The van der Waals surface area contributed by atoms with Crippen molar-refractivity contribution in [2.45, 2.75) is 44.7 Å². The summed E-state index contributed by atoms with van der Waals surface area (Å²) in [5.41, 5.74) is 0.184. The van der Waals surface area contributed by atoms with Crippen LogP contribution in [-0.2, 0) is 14.3 Å². The first kappa shape index (κ1) is 15.5. The summed E-state index contributed by atoms with van der Waals surface area (Å²) in [5, 5.41) is 20.7. The maximum absolute atomic E-state index is 11.0. The Labute approximate surface area is 129 Å². The summed E-state index contributed by atoms with van der Waals surface area (Å²) in [4.78, 5) is 11.0. The highest BCUT2D eigenvalue weighted by Gasteiger charge is 2.73. The van der Waals surface area contributed by atoms with E-state index >= 15 is 0 Å². The predicted molar refractivity (Wildman–Crippen MR) is 79.9 cm³/mol. The summed E-state index contributed by atoms with van der Waals surface area (Å²) in [5.74, 6) is -0.448. The van der Waals surface area contributed by atoms with Crippen LogP contribution in [0.2, 0.25) is 0 Å². The molecule has 6 atom stereocenters. The maximum atomic E-state index is 11.0. The third-order valence-corrected chi connectivity index (χ3v) is 5.52. The molecule has 0 unspecified atom stereocenters. The number of carbonyl (C=O) groups excluding carboxylic acids is 1. The van der Waals surface area contributed by atoms with E-state index in [4.69, 9.17) is 9.47 Å². The van der Waals surface area contributed by atoms with E-state index in [2.05, 4.69) is 6.58 Å². The van der Waals surface area contributed by atoms with Crippen molar-refractivity contribution in [3.05, 3.63) is 36.0 Å². The second-order valence-electron chi connectivity index (χ2n) is 6.66. The van der Waals surface area contributed by atoms with Gasteiger partial charge in [-0.2, -0.15) is 0 Å². The molecule has 0 bridgehead atoms. The number of aliphatic hydroxyl groups excluding tert-OH is 2. The van der Waals surface area contributed by atoms with Gasteiger partial charge in [-0.1, -0.05) is 32.6 Å². The van der Waals surface area contributed by atoms with Crippen LogP contribution in [0.15, 0.2) is 36.0 Å². The van der Waals surface area contributed by atoms with Crippen LogP contribution >= 0.6 is 0 Å². The fourth-order valence-corrected chi connectivity index (χ4v) is 3.82. The molecule has 0 aromatic heterocycles. The fraction of sp³-hybridized carbons (Fsp3) is 0.588. The predicted octanol–water partition coefficient (Wildman–Crippen LogP) is 1.12. The van der Waals surface area contributed by atoms with Gasteiger partial charge in [0.1, 0.15) is 24.4 Å². The Morgan fingerprint density at radius 1 is 1.50 bits per heavy atom. The minimum atomic E-state index is -0.924. The third-order valence-electron chi connectivity index (χ3n) is 5.52. The fourth-order valence-electron chi connectivity index (χ4n) is 3.82. The molecule has 1 fully saturated rings. The molecule has 2 aliphatic carbocycles. The lowest BCUT2D eigenvalue weighted by Crippen LogP contribution is -2.50. The van der Waals surface area contributed by atoms with Crippen molar-refractivity contribution in [2.75, 3.05) is 6.61 Å². The van der Waals surface area contributed by atoms with Gasteiger partial charge in [0.25, 0.3) is 0 Å². The number of epoxide rings is 1. The Morgan fingerprint density at radius 3 is 2.82 bits per heavy atom. The van der Waals surface area contributed by atoms with Gasteiger partial charge in [0.05, 0.1) is 6.10 Å². The van der Waals surface area contributed by atoms with Crippen molar-refractivity contribution < 1.29 is 24.5 Å². The average molecular weight is 306 g/mol. The van der Waals surface area contributed by atoms with Crippen LogP contribution < -0.4 is 0 Å². The van der Waals surface area contributed by atoms with Gasteiger partial charge in [-0.25, -0.2) is 0 Å². The molecular formula is C17H22O5. The van der Waals surface area contributed by atoms with E-state index in [1.807, 2.05) is 19.9 Å². The van der Waals surface area contributed by atoms with Crippen molar-refractivity contribution in [1.82, 2.24) is 0 Å². The smallest absolute Gasteiger partial charge is 0.302 e. The highest BCUT2D eigenvalue weighted by Crippen LogP contribution is 2.63. The van der Waals surface area contributed by atoms with E-state index < -0.39 is 29.2 Å². The zero-order valence-corrected chi connectivity index (χ0v) is 13.1. The maximum Gasteiger partial charge on any atom is 0.302 e. The van der Waals surface area contributed by atoms with Gasteiger partial charge in [-0.05, 0) is 23.1 Å². The van der Waals surface area contributed by atoms with Crippen LogP contribution in [0, 0.1) is 11.3 Å². The van der Waals surface area contributed by atoms with E-state index in [0.717, 1.165) is 5.57 Å². The molecule has 5 heteroatoms. The van der Waals surface area contributed by atoms with Crippen LogP contribution in [0.4, 0.5) is 0 Å². The van der Waals surface area contributed by atoms with Gasteiger partial charge in [0, 0.05) is 12.3 Å². The number of hydrogen-bond donors (Lipinski definition) is 2. The van der Waals surface area contributed by atoms with Crippen LogP contribution in [0.1, 0.15) is 20.8 Å². The Kier molecular flexibility index (Phi) is 3.36. The first-order chi connectivity index (χ1) is 10.2. The van der Waals surface area contributed by atoms with Crippen LogP contribution in [0.3, 0.4) is 0 Å². The molecule has 0 spiro atoms. The van der Waals surface area contributed by atoms with Crippen molar-refractivity contribution in [3.8, 4) is 0 Å². The summed E-state index contributed by atoms with van der Waals surface area (Å²) in [6.07, 6.45) is 3.69. The number of hydrogen-bond acceptors (Lipinski definition) is 5. The lowest BCUT2D eigenvalue weighted by molar-refractivity contribution is -0.140. The molecule has 5 nitrogen and oxygen atoms in total. The van der Waals surface area contributed by atoms with E-state index in [9.17, 15) is 15.0 Å². The SMILES string of the molecule is C=C(COC(C)=O)[C@@]12O[C@@H]1[C@@]1(C)C(=C[C@H]2O)C=C[C@@H](O)[C@@H]1C. The molecule has 1 heterocycles. The molecule has 120 valence electrons. The lowest BCUT2D eigenvalue weighted by Gasteiger charge is -2.44. The van der Waals surface area contributed by atoms with Crippen molar-refractivity contribution >= 4 is 5.97 Å². The van der Waals surface area contributed by atoms with Gasteiger partial charge in [-0.15, -0.1) is 0 Å². The van der Waals surface area contributed by atoms with Crippen molar-refractivity contribution in [3.63, 3.8) is 0 Å². The van der Waals surface area contributed by atoms with E-state index in [0.29, 0.717) is 5.57 Å². The summed E-state index contributed by atoms with van der Waals surface area (Å²) >= 11 is 0. The largest absolute Gasteiger partial charge is 0.461 e. The number of fused-ring (bicyclic) bond motifs is 3. The second kappa shape index (κ2) is 4.78. The van der Waals surface area contributed by atoms with E-state index in [-0.39, 0.29) is 18.6 Å². The molecular weight excluding hydrogens is 284 g/mol. The summed E-state index contributed by atoms with van der Waals surface area (Å²) in [6.45, 7) is 9.32. The minimum absolute atomic E-state index is 0.0227. The van der Waals surface area contributed by atoms with Crippen molar-refractivity contribution in [1.29, 1.82) is 0 Å². The number of allylic oxidation sites excluding steroid dienone is 1. The van der Waals surface area contributed by atoms with Gasteiger partial charge in [0.2, 0.25) is 0 Å². The van der Waals surface area contributed by atoms with Crippen LogP contribution in [0.25, 0.3) is 0 Å². The molecule has 0 aromatic rings. The Balaban J connectivity index is 1.94. The molecule has 22 heavy (non-hydrogen) atoms. The Morgan fingerprint density at radius 2 is 2.18 bits per heavy atom. The topological polar surface area (TPSA) is 79.3 Å². The highest BCUT2D eigenvalue weighted by molar-refractivity contribution is 5.66. The van der Waals surface area contributed by atoms with Crippen molar-refractivity contribution in [2.24, 2.45) is 11.3 Å². The minimum Gasteiger partial charge on any atom is -0.461 e. The van der Waals surface area contributed by atoms with Gasteiger partial charge in [0.15, 0.2) is 0 Å². The zero-order chi connectivity index (χ0) is 16.3. The molecule has 3 rings (SSSR count). The zero-order valence-electron chi connectivity index (χ0n) is 13.1. The third kappa shape index (κ3) is 1.86. The molecule has 3 aliphatic rings. The molecule has 1 aliphatic heterocycles. The molecule has 0 amide bonds.